The molecule has 1 aromatic rings. The number of amidine groups is 1. The summed E-state index contributed by atoms with van der Waals surface area (Å²) < 4.78 is 0. The van der Waals surface area contributed by atoms with Gasteiger partial charge in [0, 0.05) is 5.02 Å². The van der Waals surface area contributed by atoms with Crippen molar-refractivity contribution >= 4 is 17.4 Å². The van der Waals surface area contributed by atoms with Gasteiger partial charge in [0.25, 0.3) is 0 Å². The van der Waals surface area contributed by atoms with Crippen LogP contribution in [-0.4, -0.2) is 36.5 Å². The van der Waals surface area contributed by atoms with Crippen LogP contribution in [0.3, 0.4) is 0 Å². The molecule has 0 aliphatic rings. The fourth-order valence-corrected chi connectivity index (χ4v) is 2.00. The zero-order valence-electron chi connectivity index (χ0n) is 11.7. The molecular formula is C13H22ClN5. The quantitative estimate of drug-likeness (QED) is 0.361. The molecule has 1 aromatic carbocycles. The van der Waals surface area contributed by atoms with Crippen molar-refractivity contribution in [3.63, 3.8) is 0 Å². The standard InChI is InChI=1S/C13H22ClN5/c1-10(15)17-19(16)13(7-8-18(2)3)11-5-4-6-12(14)9-11/h4-6,9,13H,7-8,16H2,1-3H3,(H2,15,17). The Hall–Kier alpha value is -1.30. The smallest absolute Gasteiger partial charge is 0.118 e. The van der Waals surface area contributed by atoms with Crippen molar-refractivity contribution < 1.29 is 0 Å². The van der Waals surface area contributed by atoms with Crippen LogP contribution < -0.4 is 11.6 Å². The summed E-state index contributed by atoms with van der Waals surface area (Å²) in [6.07, 6.45) is 0.834. The zero-order valence-corrected chi connectivity index (χ0v) is 12.4. The molecule has 106 valence electrons. The highest BCUT2D eigenvalue weighted by molar-refractivity contribution is 6.30. The SMILES string of the molecule is C/C(N)=N/N(N)C(CCN(C)C)c1cccc(Cl)c1. The summed E-state index contributed by atoms with van der Waals surface area (Å²) >= 11 is 6.03. The second-order valence-corrected chi connectivity index (χ2v) is 5.22. The van der Waals surface area contributed by atoms with E-state index >= 15 is 0 Å². The van der Waals surface area contributed by atoms with Gasteiger partial charge in [-0.2, -0.15) is 0 Å². The van der Waals surface area contributed by atoms with Gasteiger partial charge in [-0.1, -0.05) is 23.7 Å². The van der Waals surface area contributed by atoms with Crippen LogP contribution in [0.15, 0.2) is 29.4 Å². The van der Waals surface area contributed by atoms with E-state index in [1.165, 1.54) is 5.12 Å². The monoisotopic (exact) mass is 283 g/mol. The second kappa shape index (κ2) is 7.33. The number of halogens is 1. The number of nitrogens with two attached hydrogens (primary N) is 2. The van der Waals surface area contributed by atoms with E-state index in [-0.39, 0.29) is 6.04 Å². The van der Waals surface area contributed by atoms with E-state index in [1.54, 1.807) is 6.92 Å². The van der Waals surface area contributed by atoms with Crippen molar-refractivity contribution in [2.45, 2.75) is 19.4 Å². The van der Waals surface area contributed by atoms with Gasteiger partial charge in [0.2, 0.25) is 0 Å². The van der Waals surface area contributed by atoms with Crippen molar-refractivity contribution in [2.24, 2.45) is 16.7 Å². The Labute approximate surface area is 119 Å². The van der Waals surface area contributed by atoms with Crippen LogP contribution in [0.2, 0.25) is 5.02 Å². The summed E-state index contributed by atoms with van der Waals surface area (Å²) in [5.74, 6) is 6.42. The molecule has 5 nitrogen and oxygen atoms in total. The Morgan fingerprint density at radius 3 is 2.63 bits per heavy atom. The van der Waals surface area contributed by atoms with Gasteiger partial charge in [0.15, 0.2) is 0 Å². The first kappa shape index (κ1) is 15.8. The molecule has 0 saturated heterocycles. The lowest BCUT2D eigenvalue weighted by molar-refractivity contribution is 0.186. The molecule has 6 heteroatoms. The molecule has 1 atom stereocenters. The van der Waals surface area contributed by atoms with E-state index in [9.17, 15) is 0 Å². The number of nitrogens with zero attached hydrogens (tertiary/aromatic N) is 3. The van der Waals surface area contributed by atoms with Crippen molar-refractivity contribution in [1.29, 1.82) is 0 Å². The molecule has 0 saturated carbocycles. The molecule has 0 bridgehead atoms. The largest absolute Gasteiger partial charge is 0.386 e. The van der Waals surface area contributed by atoms with E-state index in [0.717, 1.165) is 18.5 Å². The Morgan fingerprint density at radius 1 is 1.42 bits per heavy atom. The molecule has 4 N–H and O–H groups in total. The first-order valence-electron chi connectivity index (χ1n) is 6.15. The molecule has 0 aliphatic carbocycles. The van der Waals surface area contributed by atoms with E-state index in [4.69, 9.17) is 23.2 Å². The lowest BCUT2D eigenvalue weighted by atomic mass is 10.0. The molecule has 0 amide bonds. The molecule has 1 rings (SSSR count). The number of hydrazone groups is 1. The van der Waals surface area contributed by atoms with Crippen LogP contribution in [0.25, 0.3) is 0 Å². The minimum absolute atomic E-state index is 0.0559. The van der Waals surface area contributed by atoms with Crippen LogP contribution >= 0.6 is 11.6 Å². The number of benzene rings is 1. The third-order valence-corrected chi connectivity index (χ3v) is 2.91. The average molecular weight is 284 g/mol. The van der Waals surface area contributed by atoms with Crippen LogP contribution in [0.1, 0.15) is 24.9 Å². The zero-order chi connectivity index (χ0) is 14.4. The minimum atomic E-state index is -0.0559. The first-order chi connectivity index (χ1) is 8.90. The Balaban J connectivity index is 2.94. The number of rotatable bonds is 6. The third-order valence-electron chi connectivity index (χ3n) is 2.68. The Bertz CT molecular complexity index is 429. The fraction of sp³-hybridized carbons (Fsp3) is 0.462. The molecule has 0 heterocycles. The summed E-state index contributed by atoms with van der Waals surface area (Å²) in [6.45, 7) is 2.60. The van der Waals surface area contributed by atoms with E-state index in [1.807, 2.05) is 38.4 Å². The van der Waals surface area contributed by atoms with E-state index < -0.39 is 0 Å². The van der Waals surface area contributed by atoms with Gasteiger partial charge < -0.3 is 10.6 Å². The van der Waals surface area contributed by atoms with Gasteiger partial charge in [-0.3, -0.25) is 0 Å². The van der Waals surface area contributed by atoms with Crippen molar-refractivity contribution in [1.82, 2.24) is 10.0 Å². The highest BCUT2D eigenvalue weighted by atomic mass is 35.5. The highest BCUT2D eigenvalue weighted by Crippen LogP contribution is 2.24. The Kier molecular flexibility index (Phi) is 6.08. The molecule has 0 spiro atoms. The molecule has 0 aromatic heterocycles. The minimum Gasteiger partial charge on any atom is -0.386 e. The van der Waals surface area contributed by atoms with Gasteiger partial charge in [-0.15, -0.1) is 5.10 Å². The summed E-state index contributed by atoms with van der Waals surface area (Å²) in [4.78, 5) is 2.10. The van der Waals surface area contributed by atoms with Gasteiger partial charge in [0.05, 0.1) is 6.04 Å². The van der Waals surface area contributed by atoms with Crippen molar-refractivity contribution in [3.05, 3.63) is 34.9 Å². The van der Waals surface area contributed by atoms with Crippen LogP contribution in [0, 0.1) is 0 Å². The summed E-state index contributed by atoms with van der Waals surface area (Å²) in [5.41, 5.74) is 6.62. The van der Waals surface area contributed by atoms with Gasteiger partial charge in [-0.25, -0.2) is 11.0 Å². The number of hydrazine groups is 1. The van der Waals surface area contributed by atoms with Crippen LogP contribution in [0.4, 0.5) is 0 Å². The lowest BCUT2D eigenvalue weighted by Gasteiger charge is -2.26. The maximum Gasteiger partial charge on any atom is 0.118 e. The van der Waals surface area contributed by atoms with Crippen molar-refractivity contribution in [3.8, 4) is 0 Å². The fourth-order valence-electron chi connectivity index (χ4n) is 1.80. The molecule has 0 radical (unpaired) electrons. The van der Waals surface area contributed by atoms with Crippen molar-refractivity contribution in [2.75, 3.05) is 20.6 Å². The number of hydrogen-bond donors (Lipinski definition) is 2. The van der Waals surface area contributed by atoms with Crippen LogP contribution in [-0.2, 0) is 0 Å². The van der Waals surface area contributed by atoms with Gasteiger partial charge >= 0.3 is 0 Å². The summed E-state index contributed by atoms with van der Waals surface area (Å²) in [6, 6.07) is 7.59. The maximum atomic E-state index is 6.03. The topological polar surface area (TPSA) is 70.9 Å². The Morgan fingerprint density at radius 2 is 2.11 bits per heavy atom. The van der Waals surface area contributed by atoms with E-state index in [0.29, 0.717) is 10.9 Å². The lowest BCUT2D eigenvalue weighted by Crippen LogP contribution is -2.34. The predicted molar refractivity (Wildman–Crippen MR) is 80.7 cm³/mol. The normalized spacial score (nSPS) is 13.7. The highest BCUT2D eigenvalue weighted by Gasteiger charge is 2.17. The second-order valence-electron chi connectivity index (χ2n) is 4.78. The molecule has 1 unspecified atom stereocenters. The summed E-state index contributed by atoms with van der Waals surface area (Å²) in [5, 5.41) is 6.20. The van der Waals surface area contributed by atoms with Gasteiger partial charge in [0.1, 0.15) is 5.84 Å². The third kappa shape index (κ3) is 5.46. The number of hydrogen-bond acceptors (Lipinski definition) is 4. The first-order valence-corrected chi connectivity index (χ1v) is 6.52. The summed E-state index contributed by atoms with van der Waals surface area (Å²) in [7, 11) is 4.04. The molecule has 0 fully saturated rings. The predicted octanol–water partition coefficient (Wildman–Crippen LogP) is 1.80. The maximum absolute atomic E-state index is 6.03. The molecule has 0 aliphatic heterocycles. The van der Waals surface area contributed by atoms with Gasteiger partial charge in [-0.05, 0) is 51.7 Å². The van der Waals surface area contributed by atoms with Crippen LogP contribution in [0.5, 0.6) is 0 Å². The molecule has 19 heavy (non-hydrogen) atoms. The van der Waals surface area contributed by atoms with E-state index in [2.05, 4.69) is 10.0 Å². The average Bonchev–Trinajstić information content (AvgIpc) is 2.27. The molecular weight excluding hydrogens is 262 g/mol.